The number of rotatable bonds is 3. The zero-order chi connectivity index (χ0) is 14.1. The van der Waals surface area contributed by atoms with Crippen LogP contribution in [0, 0.1) is 6.92 Å². The summed E-state index contributed by atoms with van der Waals surface area (Å²) >= 11 is 1.69. The number of fused-ring (bicyclic) bond motifs is 1. The maximum atomic E-state index is 11.7. The van der Waals surface area contributed by atoms with Crippen molar-refractivity contribution < 1.29 is 9.53 Å². The van der Waals surface area contributed by atoms with Gasteiger partial charge in [-0.1, -0.05) is 0 Å². The van der Waals surface area contributed by atoms with Crippen LogP contribution in [0.25, 0.3) is 21.7 Å². The predicted octanol–water partition coefficient (Wildman–Crippen LogP) is 3.78. The van der Waals surface area contributed by atoms with Gasteiger partial charge < -0.3 is 9.72 Å². The average molecular weight is 286 g/mol. The second-order valence-corrected chi connectivity index (χ2v) is 5.74. The smallest absolute Gasteiger partial charge is 0.338 e. The number of H-pyrrole nitrogens is 1. The molecule has 3 aromatic rings. The molecule has 3 rings (SSSR count). The van der Waals surface area contributed by atoms with Crippen LogP contribution in [0.5, 0.6) is 0 Å². The Kier molecular flexibility index (Phi) is 3.28. The molecule has 2 heterocycles. The summed E-state index contributed by atoms with van der Waals surface area (Å²) < 4.78 is 5.00. The minimum atomic E-state index is -0.308. The number of nitrogens with zero attached hydrogens (tertiary/aromatic N) is 1. The van der Waals surface area contributed by atoms with Crippen LogP contribution < -0.4 is 0 Å². The minimum absolute atomic E-state index is 0.308. The van der Waals surface area contributed by atoms with Crippen LogP contribution in [0.4, 0.5) is 0 Å². The number of carbonyl (C=O) groups excluding carboxylic acids is 1. The van der Waals surface area contributed by atoms with Gasteiger partial charge >= 0.3 is 5.97 Å². The van der Waals surface area contributed by atoms with E-state index in [1.54, 1.807) is 30.4 Å². The number of esters is 1. The van der Waals surface area contributed by atoms with Gasteiger partial charge in [0.15, 0.2) is 0 Å². The zero-order valence-corrected chi connectivity index (χ0v) is 12.1. The minimum Gasteiger partial charge on any atom is -0.462 e. The van der Waals surface area contributed by atoms with E-state index in [0.29, 0.717) is 12.2 Å². The van der Waals surface area contributed by atoms with Crippen molar-refractivity contribution in [3.63, 3.8) is 0 Å². The van der Waals surface area contributed by atoms with Crippen LogP contribution in [-0.2, 0) is 4.74 Å². The zero-order valence-electron chi connectivity index (χ0n) is 11.3. The number of hydrogen-bond donors (Lipinski definition) is 1. The van der Waals surface area contributed by atoms with E-state index in [-0.39, 0.29) is 5.97 Å². The van der Waals surface area contributed by atoms with Crippen LogP contribution >= 0.6 is 11.3 Å². The second kappa shape index (κ2) is 5.09. The number of aromatic amines is 1. The second-order valence-electron chi connectivity index (χ2n) is 4.45. The topological polar surface area (TPSA) is 55.0 Å². The highest BCUT2D eigenvalue weighted by Gasteiger charge is 2.11. The van der Waals surface area contributed by atoms with Gasteiger partial charge in [-0.15, -0.1) is 11.3 Å². The summed E-state index contributed by atoms with van der Waals surface area (Å²) in [7, 11) is 0. The van der Waals surface area contributed by atoms with Gasteiger partial charge in [-0.3, -0.25) is 0 Å². The summed E-state index contributed by atoms with van der Waals surface area (Å²) in [5.41, 5.74) is 2.23. The van der Waals surface area contributed by atoms with Crippen LogP contribution in [0.1, 0.15) is 22.2 Å². The first-order valence-electron chi connectivity index (χ1n) is 6.41. The van der Waals surface area contributed by atoms with Crippen molar-refractivity contribution in [1.29, 1.82) is 0 Å². The van der Waals surface area contributed by atoms with Crippen molar-refractivity contribution in [3.05, 3.63) is 40.8 Å². The number of imidazole rings is 1. The van der Waals surface area contributed by atoms with E-state index in [0.717, 1.165) is 21.7 Å². The van der Waals surface area contributed by atoms with E-state index >= 15 is 0 Å². The van der Waals surface area contributed by atoms with Crippen molar-refractivity contribution in [2.75, 3.05) is 6.61 Å². The Bertz CT molecular complexity index is 773. The maximum absolute atomic E-state index is 11.7. The first-order valence-corrected chi connectivity index (χ1v) is 7.22. The Hall–Kier alpha value is -2.14. The maximum Gasteiger partial charge on any atom is 0.338 e. The highest BCUT2D eigenvalue weighted by atomic mass is 32.1. The Labute approximate surface area is 120 Å². The highest BCUT2D eigenvalue weighted by Crippen LogP contribution is 2.27. The Morgan fingerprint density at radius 1 is 1.35 bits per heavy atom. The van der Waals surface area contributed by atoms with Gasteiger partial charge in [-0.2, -0.15) is 0 Å². The molecule has 1 aromatic carbocycles. The molecule has 0 aliphatic rings. The number of carbonyl (C=O) groups is 1. The van der Waals surface area contributed by atoms with Gasteiger partial charge in [0.1, 0.15) is 5.82 Å². The van der Waals surface area contributed by atoms with Gasteiger partial charge in [0.2, 0.25) is 0 Å². The number of nitrogens with one attached hydrogen (secondary N) is 1. The Morgan fingerprint density at radius 3 is 2.90 bits per heavy atom. The molecule has 0 aliphatic heterocycles. The summed E-state index contributed by atoms with van der Waals surface area (Å²) in [4.78, 5) is 21.9. The molecule has 0 atom stereocenters. The number of hydrogen-bond acceptors (Lipinski definition) is 4. The first-order chi connectivity index (χ1) is 9.67. The summed E-state index contributed by atoms with van der Waals surface area (Å²) in [6, 6.07) is 9.47. The molecule has 0 fully saturated rings. The molecule has 0 spiro atoms. The van der Waals surface area contributed by atoms with Gasteiger partial charge in [-0.05, 0) is 44.2 Å². The summed E-state index contributed by atoms with van der Waals surface area (Å²) in [6.45, 7) is 4.24. The third-order valence-corrected chi connectivity index (χ3v) is 3.97. The van der Waals surface area contributed by atoms with Crippen LogP contribution in [0.15, 0.2) is 30.3 Å². The first kappa shape index (κ1) is 12.9. The van der Waals surface area contributed by atoms with E-state index in [9.17, 15) is 4.79 Å². The van der Waals surface area contributed by atoms with Crippen LogP contribution in [-0.4, -0.2) is 22.5 Å². The number of aryl methyl sites for hydroxylation is 1. The molecular formula is C15H14N2O2S. The Morgan fingerprint density at radius 2 is 2.20 bits per heavy atom. The molecule has 0 aliphatic carbocycles. The van der Waals surface area contributed by atoms with E-state index < -0.39 is 0 Å². The molecule has 0 saturated carbocycles. The van der Waals surface area contributed by atoms with Crippen molar-refractivity contribution >= 4 is 28.3 Å². The van der Waals surface area contributed by atoms with Crippen molar-refractivity contribution in [2.24, 2.45) is 0 Å². The highest BCUT2D eigenvalue weighted by molar-refractivity contribution is 7.15. The number of benzene rings is 1. The lowest BCUT2D eigenvalue weighted by Crippen LogP contribution is -2.04. The SMILES string of the molecule is CCOC(=O)c1ccc2nc(-c3ccc(C)s3)[nH]c2c1. The molecule has 0 saturated heterocycles. The molecule has 2 aromatic heterocycles. The third kappa shape index (κ3) is 2.32. The number of aromatic nitrogens is 2. The van der Waals surface area contributed by atoms with Gasteiger partial charge in [0.05, 0.1) is 28.1 Å². The number of thiophene rings is 1. The van der Waals surface area contributed by atoms with Crippen molar-refractivity contribution in [3.8, 4) is 10.7 Å². The average Bonchev–Trinajstić information content (AvgIpc) is 3.03. The van der Waals surface area contributed by atoms with Crippen LogP contribution in [0.3, 0.4) is 0 Å². The quantitative estimate of drug-likeness (QED) is 0.745. The molecule has 0 bridgehead atoms. The van der Waals surface area contributed by atoms with Crippen molar-refractivity contribution in [1.82, 2.24) is 9.97 Å². The van der Waals surface area contributed by atoms with Gasteiger partial charge in [0, 0.05) is 4.88 Å². The van der Waals surface area contributed by atoms with E-state index in [4.69, 9.17) is 4.74 Å². The molecule has 102 valence electrons. The largest absolute Gasteiger partial charge is 0.462 e. The number of ether oxygens (including phenoxy) is 1. The fourth-order valence-electron chi connectivity index (χ4n) is 2.03. The lowest BCUT2D eigenvalue weighted by molar-refractivity contribution is 0.0526. The molecule has 1 N–H and O–H groups in total. The van der Waals surface area contributed by atoms with Crippen molar-refractivity contribution in [2.45, 2.75) is 13.8 Å². The standard InChI is InChI=1S/C15H14N2O2S/c1-3-19-15(18)10-5-6-11-12(8-10)17-14(16-11)13-7-4-9(2)20-13/h4-8H,3H2,1-2H3,(H,16,17). The molecule has 0 amide bonds. The van der Waals surface area contributed by atoms with Gasteiger partial charge in [0.25, 0.3) is 0 Å². The van der Waals surface area contributed by atoms with Gasteiger partial charge in [-0.25, -0.2) is 9.78 Å². The summed E-state index contributed by atoms with van der Waals surface area (Å²) in [6.07, 6.45) is 0. The Balaban J connectivity index is 2.01. The van der Waals surface area contributed by atoms with Crippen LogP contribution in [0.2, 0.25) is 0 Å². The molecule has 4 nitrogen and oxygen atoms in total. The summed E-state index contributed by atoms with van der Waals surface area (Å²) in [5.74, 6) is 0.525. The molecular weight excluding hydrogens is 272 g/mol. The fourth-order valence-corrected chi connectivity index (χ4v) is 2.84. The van der Waals surface area contributed by atoms with E-state index in [1.165, 1.54) is 4.88 Å². The lowest BCUT2D eigenvalue weighted by atomic mass is 10.2. The third-order valence-electron chi connectivity index (χ3n) is 2.97. The van der Waals surface area contributed by atoms with E-state index in [2.05, 4.69) is 23.0 Å². The molecule has 20 heavy (non-hydrogen) atoms. The summed E-state index contributed by atoms with van der Waals surface area (Å²) in [5, 5.41) is 0. The predicted molar refractivity (Wildman–Crippen MR) is 80.1 cm³/mol. The van der Waals surface area contributed by atoms with E-state index in [1.807, 2.05) is 12.1 Å². The monoisotopic (exact) mass is 286 g/mol. The lowest BCUT2D eigenvalue weighted by Gasteiger charge is -2.00. The molecule has 0 radical (unpaired) electrons. The normalized spacial score (nSPS) is 10.9. The fraction of sp³-hybridized carbons (Fsp3) is 0.200. The molecule has 0 unspecified atom stereocenters. The molecule has 5 heteroatoms.